The van der Waals surface area contributed by atoms with Crippen LogP contribution in [0.3, 0.4) is 0 Å². The van der Waals surface area contributed by atoms with Gasteiger partial charge < -0.3 is 14.6 Å². The number of alkyl halides is 3. The highest BCUT2D eigenvalue weighted by Gasteiger charge is 2.32. The number of ether oxygens (including phenoxy) is 1. The van der Waals surface area contributed by atoms with Gasteiger partial charge in [-0.15, -0.1) is 15.3 Å². The van der Waals surface area contributed by atoms with Crippen LogP contribution in [-0.4, -0.2) is 47.5 Å². The van der Waals surface area contributed by atoms with Crippen LogP contribution in [0.5, 0.6) is 5.88 Å². The van der Waals surface area contributed by atoms with E-state index in [0.717, 1.165) is 30.9 Å². The van der Waals surface area contributed by atoms with Gasteiger partial charge in [0.05, 0.1) is 19.0 Å². The van der Waals surface area contributed by atoms with Gasteiger partial charge in [-0.1, -0.05) is 6.07 Å². The Labute approximate surface area is 196 Å². The van der Waals surface area contributed by atoms with Gasteiger partial charge in [-0.2, -0.15) is 13.2 Å². The average Bonchev–Trinajstić information content (AvgIpc) is 3.55. The molecule has 1 atom stereocenters. The molecule has 0 spiro atoms. The van der Waals surface area contributed by atoms with Crippen LogP contribution in [0.2, 0.25) is 0 Å². The summed E-state index contributed by atoms with van der Waals surface area (Å²) in [5, 5.41) is 15.3. The van der Waals surface area contributed by atoms with Gasteiger partial charge in [0, 0.05) is 18.7 Å². The second kappa shape index (κ2) is 8.49. The Morgan fingerprint density at radius 3 is 2.74 bits per heavy atom. The zero-order chi connectivity index (χ0) is 24.7. The number of hydrogen-bond acceptors (Lipinski definition) is 7. The fourth-order valence-electron chi connectivity index (χ4n) is 3.90. The number of aromatic nitrogens is 7. The van der Waals surface area contributed by atoms with Crippen molar-refractivity contribution < 1.29 is 22.7 Å². The van der Waals surface area contributed by atoms with Crippen molar-refractivity contribution in [1.82, 2.24) is 34.5 Å². The van der Waals surface area contributed by atoms with E-state index in [-0.39, 0.29) is 29.0 Å². The van der Waals surface area contributed by atoms with Crippen molar-refractivity contribution >= 4 is 11.7 Å². The summed E-state index contributed by atoms with van der Waals surface area (Å²) in [6, 6.07) is 7.45. The van der Waals surface area contributed by atoms with Gasteiger partial charge in [0.2, 0.25) is 5.88 Å². The summed E-state index contributed by atoms with van der Waals surface area (Å²) < 4.78 is 46.8. The molecule has 4 aromatic rings. The van der Waals surface area contributed by atoms with Crippen LogP contribution in [0.1, 0.15) is 41.3 Å². The Morgan fingerprint density at radius 2 is 2.03 bits per heavy atom. The van der Waals surface area contributed by atoms with Gasteiger partial charge >= 0.3 is 6.18 Å². The van der Waals surface area contributed by atoms with Gasteiger partial charge in [-0.3, -0.25) is 4.79 Å². The van der Waals surface area contributed by atoms with E-state index in [9.17, 15) is 18.0 Å². The van der Waals surface area contributed by atoms with E-state index < -0.39 is 17.8 Å². The molecule has 0 saturated heterocycles. The van der Waals surface area contributed by atoms with E-state index in [2.05, 4.69) is 37.5 Å². The summed E-state index contributed by atoms with van der Waals surface area (Å²) in [5.74, 6) is 1.24. The monoisotopic (exact) mass is 484 g/mol. The second-order valence-corrected chi connectivity index (χ2v) is 7.96. The number of carbonyl (C=O) groups is 1. The molecule has 0 aromatic carbocycles. The van der Waals surface area contributed by atoms with Crippen molar-refractivity contribution in [2.75, 3.05) is 12.4 Å². The molecule has 4 aromatic heterocycles. The fourth-order valence-corrected chi connectivity index (χ4v) is 3.90. The molecule has 13 heteroatoms. The number of aryl methyl sites for hydroxylation is 1. The summed E-state index contributed by atoms with van der Waals surface area (Å²) in [5.41, 5.74) is -0.173. The second-order valence-electron chi connectivity index (χ2n) is 7.96. The first-order valence-electron chi connectivity index (χ1n) is 10.6. The SMILES string of the molecule is COc1nn(-c2ccc(C(F)(F)F)nc2)cc1C(=O)Nc1cccc(-c2nnc3n2[C@@H](C)CC3)n1. The zero-order valence-corrected chi connectivity index (χ0v) is 18.6. The molecule has 10 nitrogen and oxygen atoms in total. The maximum atomic E-state index is 13.0. The van der Waals surface area contributed by atoms with Crippen LogP contribution in [-0.2, 0) is 12.6 Å². The summed E-state index contributed by atoms with van der Waals surface area (Å²) in [7, 11) is 1.33. The third-order valence-electron chi connectivity index (χ3n) is 5.63. The van der Waals surface area contributed by atoms with Crippen LogP contribution in [0.4, 0.5) is 19.0 Å². The number of amides is 1. The molecule has 0 radical (unpaired) electrons. The first-order chi connectivity index (χ1) is 16.7. The molecule has 0 bridgehead atoms. The number of rotatable bonds is 5. The highest BCUT2D eigenvalue weighted by molar-refractivity contribution is 6.05. The Kier molecular flexibility index (Phi) is 5.46. The molecule has 0 fully saturated rings. The minimum atomic E-state index is -4.56. The number of hydrogen-bond donors (Lipinski definition) is 1. The van der Waals surface area contributed by atoms with Crippen molar-refractivity contribution in [3.8, 4) is 23.1 Å². The van der Waals surface area contributed by atoms with E-state index in [1.165, 1.54) is 24.1 Å². The van der Waals surface area contributed by atoms with E-state index in [1.807, 2.05) is 4.57 Å². The van der Waals surface area contributed by atoms with Crippen LogP contribution in [0.25, 0.3) is 17.2 Å². The predicted molar refractivity (Wildman–Crippen MR) is 117 cm³/mol. The van der Waals surface area contributed by atoms with Crippen molar-refractivity contribution in [2.24, 2.45) is 0 Å². The van der Waals surface area contributed by atoms with Gasteiger partial charge in [-0.25, -0.2) is 14.6 Å². The average molecular weight is 484 g/mol. The highest BCUT2D eigenvalue weighted by atomic mass is 19.4. The fraction of sp³-hybridized carbons (Fsp3) is 0.273. The van der Waals surface area contributed by atoms with Gasteiger partial charge in [0.25, 0.3) is 5.91 Å². The number of halogens is 3. The van der Waals surface area contributed by atoms with E-state index in [0.29, 0.717) is 11.5 Å². The third-order valence-corrected chi connectivity index (χ3v) is 5.63. The third kappa shape index (κ3) is 4.20. The molecule has 1 aliphatic rings. The van der Waals surface area contributed by atoms with Gasteiger partial charge in [0.1, 0.15) is 28.6 Å². The standard InChI is InChI=1S/C22H19F3N8O2/c1-12-6-9-18-29-30-19(33(12)18)15-4-3-5-17(27-15)28-20(34)14-11-32(31-21(14)35-2)13-7-8-16(26-10-13)22(23,24)25/h3-5,7-8,10-12H,6,9H2,1-2H3,(H,27,28,34)/t12-/m0/s1. The maximum Gasteiger partial charge on any atom is 0.433 e. The molecule has 1 N–H and O–H groups in total. The molecule has 1 amide bonds. The van der Waals surface area contributed by atoms with Crippen molar-refractivity contribution in [3.63, 3.8) is 0 Å². The summed E-state index contributed by atoms with van der Waals surface area (Å²) in [4.78, 5) is 20.9. The van der Waals surface area contributed by atoms with Gasteiger partial charge in [-0.05, 0) is 37.6 Å². The Bertz CT molecular complexity index is 1390. The van der Waals surface area contributed by atoms with E-state index in [4.69, 9.17) is 4.74 Å². The number of methoxy groups -OCH3 is 1. The minimum Gasteiger partial charge on any atom is -0.479 e. The molecule has 0 aliphatic carbocycles. The molecule has 35 heavy (non-hydrogen) atoms. The molecule has 1 aliphatic heterocycles. The summed E-state index contributed by atoms with van der Waals surface area (Å²) >= 11 is 0. The first kappa shape index (κ1) is 22.5. The van der Waals surface area contributed by atoms with Gasteiger partial charge in [0.15, 0.2) is 5.82 Å². The lowest BCUT2D eigenvalue weighted by molar-refractivity contribution is -0.141. The smallest absolute Gasteiger partial charge is 0.433 e. The number of nitrogens with zero attached hydrogens (tertiary/aromatic N) is 7. The van der Waals surface area contributed by atoms with Crippen LogP contribution < -0.4 is 10.1 Å². The molecule has 5 rings (SSSR count). The quantitative estimate of drug-likeness (QED) is 0.460. The van der Waals surface area contributed by atoms with Crippen LogP contribution >= 0.6 is 0 Å². The molecule has 0 unspecified atom stereocenters. The van der Waals surface area contributed by atoms with E-state index in [1.54, 1.807) is 18.2 Å². The molecule has 5 heterocycles. The first-order valence-corrected chi connectivity index (χ1v) is 10.6. The summed E-state index contributed by atoms with van der Waals surface area (Å²) in [6.07, 6.45) is -0.373. The predicted octanol–water partition coefficient (Wildman–Crippen LogP) is 3.71. The molecular formula is C22H19F3N8O2. The van der Waals surface area contributed by atoms with Crippen LogP contribution in [0, 0.1) is 0 Å². The number of anilines is 1. The molecular weight excluding hydrogens is 465 g/mol. The Hall–Kier alpha value is -4.29. The maximum absolute atomic E-state index is 13.0. The highest BCUT2D eigenvalue weighted by Crippen LogP contribution is 2.31. The largest absolute Gasteiger partial charge is 0.479 e. The number of nitrogens with one attached hydrogen (secondary N) is 1. The number of fused-ring (bicyclic) bond motifs is 1. The summed E-state index contributed by atoms with van der Waals surface area (Å²) in [6.45, 7) is 2.09. The Balaban J connectivity index is 1.39. The lowest BCUT2D eigenvalue weighted by Crippen LogP contribution is -2.14. The molecule has 180 valence electrons. The molecule has 0 saturated carbocycles. The number of carbonyl (C=O) groups excluding carboxylic acids is 1. The lowest BCUT2D eigenvalue weighted by atomic mass is 10.2. The minimum absolute atomic E-state index is 0.0114. The normalized spacial score (nSPS) is 15.2. The van der Waals surface area contributed by atoms with Crippen molar-refractivity contribution in [3.05, 3.63) is 59.8 Å². The number of pyridine rings is 2. The van der Waals surface area contributed by atoms with Crippen LogP contribution in [0.15, 0.2) is 42.7 Å². The lowest BCUT2D eigenvalue weighted by Gasteiger charge is -2.10. The van der Waals surface area contributed by atoms with E-state index >= 15 is 0 Å². The van der Waals surface area contributed by atoms with Crippen molar-refractivity contribution in [1.29, 1.82) is 0 Å². The zero-order valence-electron chi connectivity index (χ0n) is 18.6. The Morgan fingerprint density at radius 1 is 1.20 bits per heavy atom. The van der Waals surface area contributed by atoms with Crippen molar-refractivity contribution in [2.45, 2.75) is 32.0 Å². The topological polar surface area (TPSA) is 113 Å².